The van der Waals surface area contributed by atoms with Gasteiger partial charge in [0, 0.05) is 16.1 Å². The van der Waals surface area contributed by atoms with Gasteiger partial charge in [0.25, 0.3) is 0 Å². The number of rotatable bonds is 6. The van der Waals surface area contributed by atoms with Gasteiger partial charge in [0.1, 0.15) is 0 Å². The van der Waals surface area contributed by atoms with E-state index in [1.54, 1.807) is 0 Å². The van der Waals surface area contributed by atoms with Gasteiger partial charge in [-0.05, 0) is 19.3 Å². The standard InChI is InChI=1S/C12H20BrNS/c1-4-7-10-11(8-13)15-12(14-10)9(5-2)6-3/h9H,4-8H2,1-3H3. The minimum absolute atomic E-state index is 0.665. The zero-order valence-corrected chi connectivity index (χ0v) is 12.2. The summed E-state index contributed by atoms with van der Waals surface area (Å²) < 4.78 is 0. The fourth-order valence-electron chi connectivity index (χ4n) is 1.75. The molecule has 0 saturated heterocycles. The zero-order chi connectivity index (χ0) is 11.3. The van der Waals surface area contributed by atoms with Crippen molar-refractivity contribution in [3.63, 3.8) is 0 Å². The summed E-state index contributed by atoms with van der Waals surface area (Å²) in [5.74, 6) is 0.665. The highest BCUT2D eigenvalue weighted by atomic mass is 79.9. The highest BCUT2D eigenvalue weighted by molar-refractivity contribution is 9.08. The molecule has 0 aromatic carbocycles. The van der Waals surface area contributed by atoms with Crippen LogP contribution in [0.4, 0.5) is 0 Å². The van der Waals surface area contributed by atoms with E-state index in [9.17, 15) is 0 Å². The number of thiazole rings is 1. The van der Waals surface area contributed by atoms with E-state index in [-0.39, 0.29) is 0 Å². The number of hydrogen-bond donors (Lipinski definition) is 0. The summed E-state index contributed by atoms with van der Waals surface area (Å²) in [6.07, 6.45) is 4.72. The van der Waals surface area contributed by atoms with Gasteiger partial charge in [0.15, 0.2) is 0 Å². The van der Waals surface area contributed by atoms with Gasteiger partial charge in [-0.15, -0.1) is 11.3 Å². The summed E-state index contributed by atoms with van der Waals surface area (Å²) in [6.45, 7) is 6.72. The van der Waals surface area contributed by atoms with Crippen LogP contribution in [0.2, 0.25) is 0 Å². The molecule has 0 spiro atoms. The van der Waals surface area contributed by atoms with Crippen molar-refractivity contribution in [3.8, 4) is 0 Å². The third-order valence-electron chi connectivity index (χ3n) is 2.74. The van der Waals surface area contributed by atoms with E-state index in [2.05, 4.69) is 36.7 Å². The summed E-state index contributed by atoms with van der Waals surface area (Å²) in [4.78, 5) is 6.23. The van der Waals surface area contributed by atoms with Gasteiger partial charge in [-0.1, -0.05) is 43.1 Å². The van der Waals surface area contributed by atoms with Gasteiger partial charge < -0.3 is 0 Å². The number of halogens is 1. The van der Waals surface area contributed by atoms with Crippen LogP contribution in [-0.4, -0.2) is 4.98 Å². The molecule has 0 aliphatic rings. The van der Waals surface area contributed by atoms with Crippen LogP contribution in [0.5, 0.6) is 0 Å². The molecule has 15 heavy (non-hydrogen) atoms. The van der Waals surface area contributed by atoms with Gasteiger partial charge in [-0.2, -0.15) is 0 Å². The molecule has 1 nitrogen and oxygen atoms in total. The maximum absolute atomic E-state index is 4.80. The minimum atomic E-state index is 0.665. The Hall–Kier alpha value is 0.110. The van der Waals surface area contributed by atoms with E-state index in [1.165, 1.54) is 34.8 Å². The Morgan fingerprint density at radius 2 is 1.93 bits per heavy atom. The summed E-state index contributed by atoms with van der Waals surface area (Å²) in [6, 6.07) is 0. The quantitative estimate of drug-likeness (QED) is 0.679. The van der Waals surface area contributed by atoms with Crippen LogP contribution < -0.4 is 0 Å². The fourth-order valence-corrected chi connectivity index (χ4v) is 3.65. The predicted molar refractivity (Wildman–Crippen MR) is 72.1 cm³/mol. The first-order valence-electron chi connectivity index (χ1n) is 5.81. The number of aromatic nitrogens is 1. The molecule has 0 aliphatic carbocycles. The molecular formula is C12H20BrNS. The molecule has 1 aromatic heterocycles. The Bertz CT molecular complexity index is 292. The summed E-state index contributed by atoms with van der Waals surface area (Å²) in [5.41, 5.74) is 1.32. The van der Waals surface area contributed by atoms with Crippen LogP contribution in [0, 0.1) is 0 Å². The van der Waals surface area contributed by atoms with Crippen LogP contribution in [0.15, 0.2) is 0 Å². The molecule has 0 N–H and O–H groups in total. The van der Waals surface area contributed by atoms with Gasteiger partial charge in [0.05, 0.1) is 10.7 Å². The van der Waals surface area contributed by atoms with E-state index >= 15 is 0 Å². The van der Waals surface area contributed by atoms with Crippen molar-refractivity contribution in [1.29, 1.82) is 0 Å². The van der Waals surface area contributed by atoms with Crippen LogP contribution in [0.1, 0.15) is 61.5 Å². The third-order valence-corrected chi connectivity index (χ3v) is 4.93. The molecule has 0 unspecified atom stereocenters. The molecule has 1 heterocycles. The molecule has 1 rings (SSSR count). The molecule has 0 aliphatic heterocycles. The monoisotopic (exact) mass is 289 g/mol. The maximum atomic E-state index is 4.80. The Balaban J connectivity index is 2.90. The second-order valence-corrected chi connectivity index (χ2v) is 5.49. The normalized spacial score (nSPS) is 11.3. The van der Waals surface area contributed by atoms with Crippen molar-refractivity contribution in [2.45, 2.75) is 57.7 Å². The Morgan fingerprint density at radius 3 is 2.40 bits per heavy atom. The Morgan fingerprint density at radius 1 is 1.27 bits per heavy atom. The van der Waals surface area contributed by atoms with E-state index < -0.39 is 0 Å². The molecule has 0 amide bonds. The molecule has 86 valence electrons. The Labute approximate surface area is 105 Å². The molecule has 0 radical (unpaired) electrons. The van der Waals surface area contributed by atoms with Crippen molar-refractivity contribution in [2.75, 3.05) is 0 Å². The van der Waals surface area contributed by atoms with Gasteiger partial charge in [-0.3, -0.25) is 0 Å². The smallest absolute Gasteiger partial charge is 0.0962 e. The summed E-state index contributed by atoms with van der Waals surface area (Å²) in [7, 11) is 0. The lowest BCUT2D eigenvalue weighted by molar-refractivity contribution is 0.634. The van der Waals surface area contributed by atoms with Crippen LogP contribution in [-0.2, 0) is 11.8 Å². The first kappa shape index (κ1) is 13.2. The Kier molecular flexibility index (Phi) is 5.83. The van der Waals surface area contributed by atoms with Gasteiger partial charge >= 0.3 is 0 Å². The van der Waals surface area contributed by atoms with Crippen molar-refractivity contribution < 1.29 is 0 Å². The number of aryl methyl sites for hydroxylation is 1. The number of hydrogen-bond acceptors (Lipinski definition) is 2. The minimum Gasteiger partial charge on any atom is -0.246 e. The molecule has 0 atom stereocenters. The zero-order valence-electron chi connectivity index (χ0n) is 9.85. The van der Waals surface area contributed by atoms with Crippen molar-refractivity contribution in [2.24, 2.45) is 0 Å². The average molecular weight is 290 g/mol. The lowest BCUT2D eigenvalue weighted by Gasteiger charge is -2.06. The summed E-state index contributed by atoms with van der Waals surface area (Å²) >= 11 is 5.45. The first-order chi connectivity index (χ1) is 7.26. The van der Waals surface area contributed by atoms with Crippen molar-refractivity contribution in [1.82, 2.24) is 4.98 Å². The maximum Gasteiger partial charge on any atom is 0.0962 e. The lowest BCUT2D eigenvalue weighted by Crippen LogP contribution is -1.95. The van der Waals surface area contributed by atoms with Crippen LogP contribution in [0.25, 0.3) is 0 Å². The third kappa shape index (κ3) is 3.28. The molecule has 0 bridgehead atoms. The largest absolute Gasteiger partial charge is 0.246 e. The molecule has 0 saturated carbocycles. The second kappa shape index (κ2) is 6.64. The second-order valence-electron chi connectivity index (χ2n) is 3.82. The highest BCUT2D eigenvalue weighted by Gasteiger charge is 2.15. The van der Waals surface area contributed by atoms with Gasteiger partial charge in [0.2, 0.25) is 0 Å². The fraction of sp³-hybridized carbons (Fsp3) is 0.750. The van der Waals surface area contributed by atoms with E-state index in [0.717, 1.165) is 11.8 Å². The lowest BCUT2D eigenvalue weighted by atomic mass is 10.1. The summed E-state index contributed by atoms with van der Waals surface area (Å²) in [5, 5.41) is 2.30. The van der Waals surface area contributed by atoms with Crippen molar-refractivity contribution >= 4 is 27.3 Å². The predicted octanol–water partition coefficient (Wildman–Crippen LogP) is 4.89. The van der Waals surface area contributed by atoms with Crippen molar-refractivity contribution in [3.05, 3.63) is 15.6 Å². The van der Waals surface area contributed by atoms with E-state index in [1.807, 2.05) is 11.3 Å². The van der Waals surface area contributed by atoms with Crippen LogP contribution in [0.3, 0.4) is 0 Å². The highest BCUT2D eigenvalue weighted by Crippen LogP contribution is 2.31. The molecule has 0 fully saturated rings. The van der Waals surface area contributed by atoms with E-state index in [0.29, 0.717) is 5.92 Å². The van der Waals surface area contributed by atoms with E-state index in [4.69, 9.17) is 4.98 Å². The number of nitrogens with zero attached hydrogens (tertiary/aromatic N) is 1. The SMILES string of the molecule is CCCc1nc(C(CC)CC)sc1CBr. The molecule has 3 heteroatoms. The number of alkyl halides is 1. The first-order valence-corrected chi connectivity index (χ1v) is 7.74. The molecular weight excluding hydrogens is 270 g/mol. The molecule has 1 aromatic rings. The topological polar surface area (TPSA) is 12.9 Å². The van der Waals surface area contributed by atoms with Crippen LogP contribution >= 0.6 is 27.3 Å². The average Bonchev–Trinajstić information content (AvgIpc) is 2.64. The van der Waals surface area contributed by atoms with Gasteiger partial charge in [-0.25, -0.2) is 4.98 Å².